The third kappa shape index (κ3) is 4.40. The van der Waals surface area contributed by atoms with Crippen molar-refractivity contribution in [1.29, 1.82) is 0 Å². The van der Waals surface area contributed by atoms with Gasteiger partial charge < -0.3 is 19.9 Å². The second kappa shape index (κ2) is 9.35. The minimum Gasteiger partial charge on any atom is -0.495 e. The molecular weight excluding hydrogens is 376 g/mol. The molecule has 7 heteroatoms. The molecule has 4 rings (SSSR count). The van der Waals surface area contributed by atoms with Gasteiger partial charge in [0.05, 0.1) is 18.5 Å². The summed E-state index contributed by atoms with van der Waals surface area (Å²) in [5.74, 6) is 1.86. The van der Waals surface area contributed by atoms with Crippen LogP contribution in [0.4, 0.5) is 5.69 Å². The molecule has 1 aromatic heterocycles. The zero-order valence-electron chi connectivity index (χ0n) is 17.5. The monoisotopic (exact) mass is 404 g/mol. The molecule has 1 N–H and O–H groups in total. The van der Waals surface area contributed by atoms with Gasteiger partial charge in [0.15, 0.2) is 5.96 Å². The standard InChI is InChI=1S/C23H28N6O/c1-24-23(25-18-19-8-10-20(11-9-19)29-13-5-12-26-29)28-16-14-27(15-17-28)21-6-3-4-7-22(21)30-2/h3-13H,14-18H2,1-2H3,(H,24,25). The molecule has 1 aliphatic rings. The Kier molecular flexibility index (Phi) is 6.17. The summed E-state index contributed by atoms with van der Waals surface area (Å²) < 4.78 is 7.38. The minimum atomic E-state index is 0.735. The third-order valence-corrected chi connectivity index (χ3v) is 5.37. The van der Waals surface area contributed by atoms with Crippen molar-refractivity contribution in [3.63, 3.8) is 0 Å². The molecule has 0 amide bonds. The van der Waals surface area contributed by atoms with Gasteiger partial charge in [-0.3, -0.25) is 4.99 Å². The summed E-state index contributed by atoms with van der Waals surface area (Å²) >= 11 is 0. The average molecular weight is 405 g/mol. The number of ether oxygens (including phenoxy) is 1. The summed E-state index contributed by atoms with van der Waals surface area (Å²) in [7, 11) is 3.57. The summed E-state index contributed by atoms with van der Waals surface area (Å²) in [6, 6.07) is 18.5. The number of hydrogen-bond donors (Lipinski definition) is 1. The van der Waals surface area contributed by atoms with Gasteiger partial charge in [-0.2, -0.15) is 5.10 Å². The molecule has 0 unspecified atom stereocenters. The summed E-state index contributed by atoms with van der Waals surface area (Å²) in [6.45, 7) is 4.42. The molecule has 1 aliphatic heterocycles. The Morgan fingerprint density at radius 1 is 1.03 bits per heavy atom. The molecule has 0 bridgehead atoms. The Morgan fingerprint density at radius 3 is 2.47 bits per heavy atom. The maximum atomic E-state index is 5.52. The van der Waals surface area contributed by atoms with Crippen molar-refractivity contribution >= 4 is 11.6 Å². The molecule has 0 radical (unpaired) electrons. The number of nitrogens with zero attached hydrogens (tertiary/aromatic N) is 5. The number of piperazine rings is 1. The van der Waals surface area contributed by atoms with E-state index < -0.39 is 0 Å². The highest BCUT2D eigenvalue weighted by Gasteiger charge is 2.21. The fourth-order valence-corrected chi connectivity index (χ4v) is 3.75. The molecule has 2 heterocycles. The number of methoxy groups -OCH3 is 1. The fourth-order valence-electron chi connectivity index (χ4n) is 3.75. The van der Waals surface area contributed by atoms with Crippen LogP contribution in [0, 0.1) is 0 Å². The van der Waals surface area contributed by atoms with Crippen LogP contribution >= 0.6 is 0 Å². The number of para-hydroxylation sites is 2. The zero-order valence-corrected chi connectivity index (χ0v) is 17.5. The lowest BCUT2D eigenvalue weighted by atomic mass is 10.2. The zero-order chi connectivity index (χ0) is 20.8. The van der Waals surface area contributed by atoms with Crippen LogP contribution in [-0.4, -0.2) is 61.0 Å². The van der Waals surface area contributed by atoms with E-state index >= 15 is 0 Å². The molecular formula is C23H28N6O. The van der Waals surface area contributed by atoms with Gasteiger partial charge in [0, 0.05) is 52.2 Å². The third-order valence-electron chi connectivity index (χ3n) is 5.37. The largest absolute Gasteiger partial charge is 0.495 e. The average Bonchev–Trinajstić information content (AvgIpc) is 3.35. The highest BCUT2D eigenvalue weighted by molar-refractivity contribution is 5.80. The topological polar surface area (TPSA) is 57.9 Å². The number of hydrogen-bond acceptors (Lipinski definition) is 4. The second-order valence-corrected chi connectivity index (χ2v) is 7.16. The smallest absolute Gasteiger partial charge is 0.194 e. The van der Waals surface area contributed by atoms with Crippen LogP contribution in [0.25, 0.3) is 5.69 Å². The van der Waals surface area contributed by atoms with Crippen molar-refractivity contribution in [2.75, 3.05) is 45.2 Å². The van der Waals surface area contributed by atoms with E-state index in [1.807, 2.05) is 36.1 Å². The van der Waals surface area contributed by atoms with Gasteiger partial charge in [0.25, 0.3) is 0 Å². The SMILES string of the molecule is CN=C(NCc1ccc(-n2cccn2)cc1)N1CCN(c2ccccc2OC)CC1. The Hall–Kier alpha value is -3.48. The highest BCUT2D eigenvalue weighted by Crippen LogP contribution is 2.28. The van der Waals surface area contributed by atoms with Gasteiger partial charge in [-0.05, 0) is 35.9 Å². The van der Waals surface area contributed by atoms with E-state index in [4.69, 9.17) is 4.74 Å². The van der Waals surface area contributed by atoms with Crippen LogP contribution in [0.1, 0.15) is 5.56 Å². The van der Waals surface area contributed by atoms with Crippen LogP contribution < -0.4 is 15.0 Å². The van der Waals surface area contributed by atoms with Gasteiger partial charge in [0.1, 0.15) is 5.75 Å². The van der Waals surface area contributed by atoms with Crippen molar-refractivity contribution in [2.24, 2.45) is 4.99 Å². The Bertz CT molecular complexity index is 960. The van der Waals surface area contributed by atoms with E-state index in [1.165, 1.54) is 5.56 Å². The van der Waals surface area contributed by atoms with E-state index in [9.17, 15) is 0 Å². The number of guanidine groups is 1. The number of benzene rings is 2. The predicted octanol–water partition coefficient (Wildman–Crippen LogP) is 2.78. The van der Waals surface area contributed by atoms with E-state index in [0.29, 0.717) is 0 Å². The Labute approximate surface area is 177 Å². The molecule has 3 aromatic rings. The molecule has 0 atom stereocenters. The molecule has 2 aromatic carbocycles. The van der Waals surface area contributed by atoms with E-state index in [-0.39, 0.29) is 0 Å². The minimum absolute atomic E-state index is 0.735. The summed E-state index contributed by atoms with van der Waals surface area (Å²) in [5, 5.41) is 7.76. The first-order chi connectivity index (χ1) is 14.8. The van der Waals surface area contributed by atoms with Gasteiger partial charge in [-0.1, -0.05) is 24.3 Å². The van der Waals surface area contributed by atoms with Crippen molar-refractivity contribution < 1.29 is 4.74 Å². The molecule has 0 saturated carbocycles. The van der Waals surface area contributed by atoms with Crippen LogP contribution in [-0.2, 0) is 6.54 Å². The van der Waals surface area contributed by atoms with Gasteiger partial charge >= 0.3 is 0 Å². The van der Waals surface area contributed by atoms with Crippen molar-refractivity contribution in [3.8, 4) is 11.4 Å². The van der Waals surface area contributed by atoms with Crippen molar-refractivity contribution in [2.45, 2.75) is 6.54 Å². The lowest BCUT2D eigenvalue weighted by molar-refractivity contribution is 0.367. The van der Waals surface area contributed by atoms with E-state index in [2.05, 4.69) is 61.6 Å². The van der Waals surface area contributed by atoms with Gasteiger partial charge in [-0.25, -0.2) is 4.68 Å². The number of rotatable bonds is 5. The maximum Gasteiger partial charge on any atom is 0.194 e. The number of aliphatic imine (C=N–C) groups is 1. The molecule has 0 aliphatic carbocycles. The predicted molar refractivity (Wildman–Crippen MR) is 121 cm³/mol. The van der Waals surface area contributed by atoms with Crippen molar-refractivity contribution in [1.82, 2.24) is 20.0 Å². The molecule has 1 saturated heterocycles. The van der Waals surface area contributed by atoms with Crippen LogP contribution in [0.2, 0.25) is 0 Å². The molecule has 156 valence electrons. The summed E-state index contributed by atoms with van der Waals surface area (Å²) in [5.41, 5.74) is 3.42. The quantitative estimate of drug-likeness (QED) is 0.524. The second-order valence-electron chi connectivity index (χ2n) is 7.16. The van der Waals surface area contributed by atoms with Gasteiger partial charge in [0.2, 0.25) is 0 Å². The number of anilines is 1. The van der Waals surface area contributed by atoms with Crippen LogP contribution in [0.5, 0.6) is 5.75 Å². The first-order valence-electron chi connectivity index (χ1n) is 10.2. The number of aromatic nitrogens is 2. The lowest BCUT2D eigenvalue weighted by Gasteiger charge is -2.38. The fraction of sp³-hybridized carbons (Fsp3) is 0.304. The van der Waals surface area contributed by atoms with Crippen LogP contribution in [0.3, 0.4) is 0 Å². The number of nitrogens with one attached hydrogen (secondary N) is 1. The molecule has 1 fully saturated rings. The first kappa shape index (κ1) is 19.8. The van der Waals surface area contributed by atoms with Crippen molar-refractivity contribution in [3.05, 3.63) is 72.6 Å². The molecule has 0 spiro atoms. The first-order valence-corrected chi connectivity index (χ1v) is 10.2. The Morgan fingerprint density at radius 2 is 1.80 bits per heavy atom. The molecule has 30 heavy (non-hydrogen) atoms. The highest BCUT2D eigenvalue weighted by atomic mass is 16.5. The van der Waals surface area contributed by atoms with Crippen LogP contribution in [0.15, 0.2) is 72.0 Å². The van der Waals surface area contributed by atoms with Gasteiger partial charge in [-0.15, -0.1) is 0 Å². The lowest BCUT2D eigenvalue weighted by Crippen LogP contribution is -2.52. The van der Waals surface area contributed by atoms with E-state index in [0.717, 1.165) is 55.8 Å². The van der Waals surface area contributed by atoms with E-state index in [1.54, 1.807) is 13.3 Å². The Balaban J connectivity index is 1.32. The normalized spacial score (nSPS) is 14.7. The maximum absolute atomic E-state index is 5.52. The summed E-state index contributed by atoms with van der Waals surface area (Å²) in [4.78, 5) is 9.17. The summed E-state index contributed by atoms with van der Waals surface area (Å²) in [6.07, 6.45) is 3.73. The molecule has 7 nitrogen and oxygen atoms in total.